The molecule has 1 saturated heterocycles. The number of rotatable bonds is 4. The predicted molar refractivity (Wildman–Crippen MR) is 122 cm³/mol. The fourth-order valence-corrected chi connectivity index (χ4v) is 4.01. The average Bonchev–Trinajstić information content (AvgIpc) is 2.70. The van der Waals surface area contributed by atoms with E-state index in [1.165, 1.54) is 18.2 Å². The molecule has 0 bridgehead atoms. The number of benzene rings is 1. The molecule has 6 nitrogen and oxygen atoms in total. The van der Waals surface area contributed by atoms with Crippen LogP contribution in [0.4, 0.5) is 9.18 Å². The number of pyridine rings is 1. The Morgan fingerprint density at radius 2 is 1.88 bits per heavy atom. The van der Waals surface area contributed by atoms with Gasteiger partial charge in [0.25, 0.3) is 5.91 Å². The molecular weight excluding hydrogens is 456 g/mol. The lowest BCUT2D eigenvalue weighted by molar-refractivity contribution is 0.0203. The monoisotopic (exact) mass is 481 g/mol. The van der Waals surface area contributed by atoms with Gasteiger partial charge in [-0.05, 0) is 69.5 Å². The van der Waals surface area contributed by atoms with E-state index in [1.54, 1.807) is 17.0 Å². The van der Waals surface area contributed by atoms with Crippen LogP contribution in [-0.2, 0) is 11.3 Å². The smallest absolute Gasteiger partial charge is 0.410 e. The number of amides is 2. The molecule has 0 atom stereocenters. The van der Waals surface area contributed by atoms with Gasteiger partial charge in [0.1, 0.15) is 5.60 Å². The van der Waals surface area contributed by atoms with Crippen molar-refractivity contribution in [2.45, 2.75) is 51.7 Å². The van der Waals surface area contributed by atoms with Gasteiger partial charge < -0.3 is 15.0 Å². The highest BCUT2D eigenvalue weighted by Gasteiger charge is 2.28. The number of aromatic nitrogens is 1. The Morgan fingerprint density at radius 3 is 2.50 bits per heavy atom. The number of carbonyl (C=O) groups excluding carboxylic acids is 2. The van der Waals surface area contributed by atoms with E-state index in [4.69, 9.17) is 27.9 Å². The molecule has 2 heterocycles. The SMILES string of the molecule is CC(C)(C)OC(=O)N1CCC(c2cc(CNC(=O)c3ccc(Cl)cc3Cl)cc(F)n2)CC1. The van der Waals surface area contributed by atoms with Gasteiger partial charge in [0.15, 0.2) is 0 Å². The molecule has 172 valence electrons. The van der Waals surface area contributed by atoms with Gasteiger partial charge in [0.05, 0.1) is 10.6 Å². The van der Waals surface area contributed by atoms with Crippen molar-refractivity contribution in [3.8, 4) is 0 Å². The minimum atomic E-state index is -0.606. The Balaban J connectivity index is 1.61. The summed E-state index contributed by atoms with van der Waals surface area (Å²) in [7, 11) is 0. The van der Waals surface area contributed by atoms with Gasteiger partial charge in [0.2, 0.25) is 5.95 Å². The standard InChI is InChI=1S/C23H26Cl2FN3O3/c1-23(2,3)32-22(31)29-8-6-15(7-9-29)19-10-14(11-20(26)28-19)13-27-21(30)17-5-4-16(24)12-18(17)25/h4-5,10-12,15H,6-9,13H2,1-3H3,(H,27,30). The van der Waals surface area contributed by atoms with Crippen LogP contribution >= 0.6 is 23.2 Å². The first-order chi connectivity index (χ1) is 15.0. The number of hydrogen-bond donors (Lipinski definition) is 1. The summed E-state index contributed by atoms with van der Waals surface area (Å²) >= 11 is 11.9. The average molecular weight is 482 g/mol. The molecule has 1 aliphatic heterocycles. The highest BCUT2D eigenvalue weighted by Crippen LogP contribution is 2.28. The second-order valence-electron chi connectivity index (χ2n) is 8.77. The molecule has 1 fully saturated rings. The third-order valence-electron chi connectivity index (χ3n) is 5.07. The van der Waals surface area contributed by atoms with Gasteiger partial charge in [-0.3, -0.25) is 4.79 Å². The Labute approximate surface area is 197 Å². The van der Waals surface area contributed by atoms with Crippen LogP contribution in [0.5, 0.6) is 0 Å². The maximum atomic E-state index is 14.2. The molecule has 9 heteroatoms. The van der Waals surface area contributed by atoms with Crippen molar-refractivity contribution in [2.75, 3.05) is 13.1 Å². The molecular formula is C23H26Cl2FN3O3. The van der Waals surface area contributed by atoms with Crippen molar-refractivity contribution in [2.24, 2.45) is 0 Å². The summed E-state index contributed by atoms with van der Waals surface area (Å²) in [4.78, 5) is 30.4. The zero-order valence-electron chi connectivity index (χ0n) is 18.3. The zero-order chi connectivity index (χ0) is 23.5. The minimum absolute atomic E-state index is 0.0181. The summed E-state index contributed by atoms with van der Waals surface area (Å²) in [5.41, 5.74) is 0.955. The normalized spacial score (nSPS) is 14.9. The fraction of sp³-hybridized carbons (Fsp3) is 0.435. The van der Waals surface area contributed by atoms with E-state index in [9.17, 15) is 14.0 Å². The first kappa shape index (κ1) is 24.3. The Bertz CT molecular complexity index is 1000. The molecule has 0 radical (unpaired) electrons. The molecule has 0 unspecified atom stereocenters. The highest BCUT2D eigenvalue weighted by molar-refractivity contribution is 6.36. The van der Waals surface area contributed by atoms with Crippen LogP contribution in [0.15, 0.2) is 30.3 Å². The van der Waals surface area contributed by atoms with E-state index in [2.05, 4.69) is 10.3 Å². The third-order valence-corrected chi connectivity index (χ3v) is 5.62. The summed E-state index contributed by atoms with van der Waals surface area (Å²) in [6, 6.07) is 7.70. The third kappa shape index (κ3) is 6.56. The van der Waals surface area contributed by atoms with E-state index >= 15 is 0 Å². The van der Waals surface area contributed by atoms with Gasteiger partial charge in [-0.25, -0.2) is 9.78 Å². The van der Waals surface area contributed by atoms with Crippen LogP contribution in [0.25, 0.3) is 0 Å². The van der Waals surface area contributed by atoms with Crippen LogP contribution in [0.2, 0.25) is 10.0 Å². The van der Waals surface area contributed by atoms with E-state index in [-0.39, 0.29) is 29.5 Å². The number of nitrogens with one attached hydrogen (secondary N) is 1. The van der Waals surface area contributed by atoms with E-state index < -0.39 is 11.5 Å². The number of piperidine rings is 1. The maximum Gasteiger partial charge on any atom is 0.410 e. The second-order valence-corrected chi connectivity index (χ2v) is 9.62. The van der Waals surface area contributed by atoms with Crippen LogP contribution < -0.4 is 5.32 Å². The summed E-state index contributed by atoms with van der Waals surface area (Å²) < 4.78 is 19.6. The second kappa shape index (κ2) is 10.0. The molecule has 2 aromatic rings. The highest BCUT2D eigenvalue weighted by atomic mass is 35.5. The van der Waals surface area contributed by atoms with Crippen molar-refractivity contribution < 1.29 is 18.7 Å². The molecule has 1 aromatic carbocycles. The largest absolute Gasteiger partial charge is 0.444 e. The molecule has 0 spiro atoms. The van der Waals surface area contributed by atoms with Crippen LogP contribution in [0, 0.1) is 5.95 Å². The fourth-order valence-electron chi connectivity index (χ4n) is 3.52. The van der Waals surface area contributed by atoms with Gasteiger partial charge in [-0.1, -0.05) is 23.2 Å². The lowest BCUT2D eigenvalue weighted by Crippen LogP contribution is -2.41. The number of halogens is 3. The van der Waals surface area contributed by atoms with Crippen molar-refractivity contribution in [1.29, 1.82) is 0 Å². The number of nitrogens with zero attached hydrogens (tertiary/aromatic N) is 2. The predicted octanol–water partition coefficient (Wildman–Crippen LogP) is 5.57. The van der Waals surface area contributed by atoms with E-state index in [1.807, 2.05) is 20.8 Å². The quantitative estimate of drug-likeness (QED) is 0.579. The van der Waals surface area contributed by atoms with Crippen molar-refractivity contribution in [3.63, 3.8) is 0 Å². The van der Waals surface area contributed by atoms with Crippen LogP contribution in [0.1, 0.15) is 61.1 Å². The minimum Gasteiger partial charge on any atom is -0.444 e. The van der Waals surface area contributed by atoms with E-state index in [0.717, 1.165) is 0 Å². The van der Waals surface area contributed by atoms with Gasteiger partial charge in [-0.15, -0.1) is 0 Å². The molecule has 1 aromatic heterocycles. The first-order valence-corrected chi connectivity index (χ1v) is 11.1. The number of ether oxygens (including phenoxy) is 1. The Kier molecular flexibility index (Phi) is 7.62. The van der Waals surface area contributed by atoms with Crippen LogP contribution in [-0.4, -0.2) is 40.6 Å². The van der Waals surface area contributed by atoms with Gasteiger partial charge in [-0.2, -0.15) is 4.39 Å². The van der Waals surface area contributed by atoms with Crippen LogP contribution in [0.3, 0.4) is 0 Å². The molecule has 3 rings (SSSR count). The number of carbonyl (C=O) groups is 2. The number of likely N-dealkylation sites (tertiary alicyclic amines) is 1. The Morgan fingerprint density at radius 1 is 1.19 bits per heavy atom. The molecule has 32 heavy (non-hydrogen) atoms. The van der Waals surface area contributed by atoms with Crippen molar-refractivity contribution in [1.82, 2.24) is 15.2 Å². The topological polar surface area (TPSA) is 71.5 Å². The molecule has 1 N–H and O–H groups in total. The molecule has 0 aliphatic carbocycles. The molecule has 1 aliphatic rings. The summed E-state index contributed by atoms with van der Waals surface area (Å²) in [5, 5.41) is 3.43. The van der Waals surface area contributed by atoms with Crippen molar-refractivity contribution >= 4 is 35.2 Å². The lowest BCUT2D eigenvalue weighted by atomic mass is 9.92. The van der Waals surface area contributed by atoms with E-state index in [0.29, 0.717) is 47.8 Å². The molecule has 2 amide bonds. The van der Waals surface area contributed by atoms with Gasteiger partial charge >= 0.3 is 6.09 Å². The Hall–Kier alpha value is -2.38. The first-order valence-electron chi connectivity index (χ1n) is 10.4. The maximum absolute atomic E-state index is 14.2. The molecule has 0 saturated carbocycles. The lowest BCUT2D eigenvalue weighted by Gasteiger charge is -2.33. The zero-order valence-corrected chi connectivity index (χ0v) is 19.8. The van der Waals surface area contributed by atoms with Crippen molar-refractivity contribution in [3.05, 3.63) is 63.1 Å². The van der Waals surface area contributed by atoms with Gasteiger partial charge in [0, 0.05) is 36.3 Å². The summed E-state index contributed by atoms with van der Waals surface area (Å²) in [5.74, 6) is -0.966. The summed E-state index contributed by atoms with van der Waals surface area (Å²) in [6.07, 6.45) is 0.969. The summed E-state index contributed by atoms with van der Waals surface area (Å²) in [6.45, 7) is 6.64. The number of hydrogen-bond acceptors (Lipinski definition) is 4.